The zero-order valence-corrected chi connectivity index (χ0v) is 12.6. The normalized spacial score (nSPS) is 24.7. The van der Waals surface area contributed by atoms with E-state index in [-0.39, 0.29) is 5.75 Å². The van der Waals surface area contributed by atoms with Gasteiger partial charge in [0.1, 0.15) is 5.75 Å². The Morgan fingerprint density at radius 2 is 1.75 bits per heavy atom. The van der Waals surface area contributed by atoms with E-state index in [4.69, 9.17) is 9.31 Å². The van der Waals surface area contributed by atoms with E-state index in [0.29, 0.717) is 5.92 Å². The molecule has 2 aliphatic rings. The highest BCUT2D eigenvalue weighted by atomic mass is 16.7. The molecule has 5 heteroatoms. The zero-order chi connectivity index (χ0) is 14.5. The summed E-state index contributed by atoms with van der Waals surface area (Å²) in [7, 11) is -0.506. The van der Waals surface area contributed by atoms with Crippen LogP contribution in [-0.4, -0.2) is 36.5 Å². The molecule has 2 N–H and O–H groups in total. The summed E-state index contributed by atoms with van der Waals surface area (Å²) >= 11 is 0. The van der Waals surface area contributed by atoms with E-state index in [1.807, 2.05) is 39.8 Å². The van der Waals surface area contributed by atoms with Crippen molar-refractivity contribution in [3.8, 4) is 5.75 Å². The molecule has 2 fully saturated rings. The first kappa shape index (κ1) is 13.9. The fraction of sp³-hybridized carbons (Fsp3) is 0.600. The summed E-state index contributed by atoms with van der Waals surface area (Å²) in [6, 6.07) is 5.74. The van der Waals surface area contributed by atoms with Gasteiger partial charge in [-0.3, -0.25) is 0 Å². The van der Waals surface area contributed by atoms with Crippen LogP contribution in [-0.2, 0) is 9.31 Å². The lowest BCUT2D eigenvalue weighted by Crippen LogP contribution is -2.41. The Balaban J connectivity index is 1.90. The number of aromatic hydroxyl groups is 1. The molecule has 4 nitrogen and oxygen atoms in total. The summed E-state index contributed by atoms with van der Waals surface area (Å²) < 4.78 is 12.0. The van der Waals surface area contributed by atoms with Gasteiger partial charge >= 0.3 is 7.12 Å². The molecule has 0 aromatic heterocycles. The average Bonchev–Trinajstić information content (AvgIpc) is 2.48. The monoisotopic (exact) mass is 275 g/mol. The predicted octanol–water partition coefficient (Wildman–Crippen LogP) is 1.38. The Morgan fingerprint density at radius 3 is 2.25 bits per heavy atom. The summed E-state index contributed by atoms with van der Waals surface area (Å²) in [4.78, 5) is 0. The van der Waals surface area contributed by atoms with Gasteiger partial charge < -0.3 is 19.7 Å². The summed E-state index contributed by atoms with van der Waals surface area (Å²) in [6.45, 7) is 10.1. The van der Waals surface area contributed by atoms with Gasteiger partial charge in [-0.05, 0) is 39.3 Å². The molecule has 1 aromatic rings. The van der Waals surface area contributed by atoms with Crippen molar-refractivity contribution in [3.05, 3.63) is 23.8 Å². The minimum atomic E-state index is -0.506. The summed E-state index contributed by atoms with van der Waals surface area (Å²) in [5.41, 5.74) is 1.18. The highest BCUT2D eigenvalue weighted by Gasteiger charge is 2.52. The molecule has 0 bridgehead atoms. The Hall–Kier alpha value is -1.04. The third-order valence-corrected chi connectivity index (χ3v) is 4.81. The second kappa shape index (κ2) is 4.48. The van der Waals surface area contributed by atoms with Crippen LogP contribution < -0.4 is 10.8 Å². The molecular weight excluding hydrogens is 253 g/mol. The van der Waals surface area contributed by atoms with Crippen molar-refractivity contribution >= 4 is 12.6 Å². The third-order valence-electron chi connectivity index (χ3n) is 4.81. The molecule has 108 valence electrons. The largest absolute Gasteiger partial charge is 0.508 e. The number of hydrogen-bond donors (Lipinski definition) is 2. The molecule has 0 radical (unpaired) electrons. The van der Waals surface area contributed by atoms with Crippen LogP contribution in [0.2, 0.25) is 0 Å². The van der Waals surface area contributed by atoms with Crippen LogP contribution in [0.15, 0.2) is 18.2 Å². The lowest BCUT2D eigenvalue weighted by Gasteiger charge is -2.32. The number of nitrogens with one attached hydrogen (secondary N) is 1. The van der Waals surface area contributed by atoms with Gasteiger partial charge in [0.25, 0.3) is 0 Å². The van der Waals surface area contributed by atoms with Crippen molar-refractivity contribution in [3.63, 3.8) is 0 Å². The Labute approximate surface area is 120 Å². The van der Waals surface area contributed by atoms with Gasteiger partial charge in [-0.25, -0.2) is 0 Å². The van der Waals surface area contributed by atoms with Gasteiger partial charge in [-0.2, -0.15) is 0 Å². The standard InChI is InChI=1S/C15H22BNO3/c1-14(2)15(3,4)20-16(19-14)12-7-10(5-6-13(12)18)11-8-17-9-11/h5-7,11,17-18H,8-9H2,1-4H3. The van der Waals surface area contributed by atoms with E-state index in [1.54, 1.807) is 6.07 Å². The molecular formula is C15H22BNO3. The van der Waals surface area contributed by atoms with Crippen molar-refractivity contribution in [1.29, 1.82) is 0 Å². The van der Waals surface area contributed by atoms with Crippen molar-refractivity contribution < 1.29 is 14.4 Å². The molecule has 0 unspecified atom stereocenters. The molecule has 2 aliphatic heterocycles. The fourth-order valence-electron chi connectivity index (χ4n) is 2.51. The summed E-state index contributed by atoms with van der Waals surface area (Å²) in [5.74, 6) is 0.760. The molecule has 2 heterocycles. The highest BCUT2D eigenvalue weighted by molar-refractivity contribution is 6.63. The van der Waals surface area contributed by atoms with E-state index in [0.717, 1.165) is 18.6 Å². The molecule has 2 saturated heterocycles. The molecule has 20 heavy (non-hydrogen) atoms. The van der Waals surface area contributed by atoms with Gasteiger partial charge in [-0.15, -0.1) is 0 Å². The van der Waals surface area contributed by atoms with Gasteiger partial charge in [0.2, 0.25) is 0 Å². The molecule has 0 amide bonds. The minimum absolute atomic E-state index is 0.236. The minimum Gasteiger partial charge on any atom is -0.508 e. The lowest BCUT2D eigenvalue weighted by molar-refractivity contribution is 0.00578. The Morgan fingerprint density at radius 1 is 1.15 bits per heavy atom. The SMILES string of the molecule is CC1(C)OB(c2cc(C3CNC3)ccc2O)OC1(C)C. The summed E-state index contributed by atoms with van der Waals surface area (Å²) in [6.07, 6.45) is 0. The Bertz CT molecular complexity index is 510. The van der Waals surface area contributed by atoms with Crippen LogP contribution >= 0.6 is 0 Å². The van der Waals surface area contributed by atoms with Crippen LogP contribution in [0.5, 0.6) is 5.75 Å². The van der Waals surface area contributed by atoms with Crippen molar-refractivity contribution in [2.45, 2.75) is 44.8 Å². The molecule has 1 aromatic carbocycles. The van der Waals surface area contributed by atoms with Crippen molar-refractivity contribution in [2.24, 2.45) is 0 Å². The number of phenolic OH excluding ortho intramolecular Hbond substituents is 1. The van der Waals surface area contributed by atoms with Gasteiger partial charge in [0.05, 0.1) is 11.2 Å². The van der Waals surface area contributed by atoms with Gasteiger partial charge in [0, 0.05) is 24.5 Å². The number of hydrogen-bond acceptors (Lipinski definition) is 4. The molecule has 0 spiro atoms. The maximum Gasteiger partial charge on any atom is 0.498 e. The average molecular weight is 275 g/mol. The molecule has 0 atom stereocenters. The molecule has 0 aliphatic carbocycles. The first-order chi connectivity index (χ1) is 9.30. The van der Waals surface area contributed by atoms with E-state index in [2.05, 4.69) is 5.32 Å². The number of rotatable bonds is 2. The second-order valence-electron chi connectivity index (χ2n) is 6.76. The van der Waals surface area contributed by atoms with Gasteiger partial charge in [-0.1, -0.05) is 12.1 Å². The van der Waals surface area contributed by atoms with E-state index in [9.17, 15) is 5.11 Å². The van der Waals surface area contributed by atoms with Crippen LogP contribution in [0, 0.1) is 0 Å². The second-order valence-corrected chi connectivity index (χ2v) is 6.76. The third kappa shape index (κ3) is 2.14. The topological polar surface area (TPSA) is 50.7 Å². The molecule has 3 rings (SSSR count). The van der Waals surface area contributed by atoms with Crippen LogP contribution in [0.25, 0.3) is 0 Å². The number of phenols is 1. The maximum atomic E-state index is 10.1. The first-order valence-corrected chi connectivity index (χ1v) is 7.19. The summed E-state index contributed by atoms with van der Waals surface area (Å²) in [5, 5.41) is 13.4. The predicted molar refractivity (Wildman–Crippen MR) is 79.4 cm³/mol. The zero-order valence-electron chi connectivity index (χ0n) is 12.6. The first-order valence-electron chi connectivity index (χ1n) is 7.19. The van der Waals surface area contributed by atoms with Crippen LogP contribution in [0.4, 0.5) is 0 Å². The van der Waals surface area contributed by atoms with Crippen molar-refractivity contribution in [1.82, 2.24) is 5.32 Å². The maximum absolute atomic E-state index is 10.1. The Kier molecular flexibility index (Phi) is 3.12. The van der Waals surface area contributed by atoms with E-state index >= 15 is 0 Å². The highest BCUT2D eigenvalue weighted by Crippen LogP contribution is 2.37. The quantitative estimate of drug-likeness (QED) is 0.801. The van der Waals surface area contributed by atoms with Crippen LogP contribution in [0.3, 0.4) is 0 Å². The van der Waals surface area contributed by atoms with Crippen molar-refractivity contribution in [2.75, 3.05) is 13.1 Å². The van der Waals surface area contributed by atoms with E-state index < -0.39 is 18.3 Å². The van der Waals surface area contributed by atoms with Crippen LogP contribution in [0.1, 0.15) is 39.2 Å². The fourth-order valence-corrected chi connectivity index (χ4v) is 2.51. The van der Waals surface area contributed by atoms with Gasteiger partial charge in [0.15, 0.2) is 0 Å². The van der Waals surface area contributed by atoms with E-state index in [1.165, 1.54) is 5.56 Å². The smallest absolute Gasteiger partial charge is 0.498 e. The number of benzene rings is 1. The lowest BCUT2D eigenvalue weighted by atomic mass is 9.76. The molecule has 0 saturated carbocycles.